The highest BCUT2D eigenvalue weighted by Gasteiger charge is 2.50. The Morgan fingerprint density at radius 3 is 2.61 bits per heavy atom. The largest absolute Gasteiger partial charge is 0.345 e. The van der Waals surface area contributed by atoms with Crippen LogP contribution in [0.1, 0.15) is 41.7 Å². The molecule has 166 valence electrons. The highest BCUT2D eigenvalue weighted by molar-refractivity contribution is 7.10. The Labute approximate surface area is 195 Å². The first-order valence-corrected chi connectivity index (χ1v) is 11.5. The van der Waals surface area contributed by atoms with Gasteiger partial charge in [0.15, 0.2) is 5.96 Å². The molecule has 33 heavy (non-hydrogen) atoms. The van der Waals surface area contributed by atoms with E-state index in [1.807, 2.05) is 42.6 Å². The minimum absolute atomic E-state index is 0.0270. The summed E-state index contributed by atoms with van der Waals surface area (Å²) in [6, 6.07) is 13.5. The van der Waals surface area contributed by atoms with Crippen LogP contribution in [0, 0.1) is 22.6 Å². The number of hydrogen-bond acceptors (Lipinski definition) is 5. The van der Waals surface area contributed by atoms with Crippen molar-refractivity contribution in [2.24, 2.45) is 0 Å². The quantitative estimate of drug-likeness (QED) is 0.601. The Morgan fingerprint density at radius 2 is 1.97 bits per heavy atom. The average molecular weight is 460 g/mol. The molecule has 1 unspecified atom stereocenters. The second kappa shape index (κ2) is 7.49. The van der Waals surface area contributed by atoms with Gasteiger partial charge in [-0.3, -0.25) is 20.1 Å². The first kappa shape index (κ1) is 21.3. The lowest BCUT2D eigenvalue weighted by molar-refractivity contribution is -0.131. The van der Waals surface area contributed by atoms with Crippen LogP contribution in [0.3, 0.4) is 0 Å². The number of guanidine groups is 1. The minimum atomic E-state index is -0.877. The zero-order valence-electron chi connectivity index (χ0n) is 18.2. The molecular weight excluding hydrogens is 437 g/mol. The van der Waals surface area contributed by atoms with Crippen LogP contribution < -0.4 is 5.32 Å². The van der Waals surface area contributed by atoms with Crippen molar-refractivity contribution < 1.29 is 9.18 Å². The summed E-state index contributed by atoms with van der Waals surface area (Å²) < 4.78 is 13.7. The van der Waals surface area contributed by atoms with Gasteiger partial charge >= 0.3 is 0 Å². The van der Waals surface area contributed by atoms with Gasteiger partial charge in [-0.2, -0.15) is 5.26 Å². The predicted molar refractivity (Wildman–Crippen MR) is 124 cm³/mol. The van der Waals surface area contributed by atoms with E-state index in [1.54, 1.807) is 13.2 Å². The van der Waals surface area contributed by atoms with Crippen molar-refractivity contribution in [2.75, 3.05) is 7.05 Å². The number of aromatic nitrogens is 1. The van der Waals surface area contributed by atoms with Crippen molar-refractivity contribution in [3.8, 4) is 17.2 Å². The Morgan fingerprint density at radius 1 is 1.24 bits per heavy atom. The minimum Gasteiger partial charge on any atom is -0.345 e. The first-order valence-electron chi connectivity index (χ1n) is 10.6. The van der Waals surface area contributed by atoms with Gasteiger partial charge in [0.2, 0.25) is 5.91 Å². The third-order valence-electron chi connectivity index (χ3n) is 6.78. The van der Waals surface area contributed by atoms with E-state index in [4.69, 9.17) is 5.41 Å². The van der Waals surface area contributed by atoms with Gasteiger partial charge in [0, 0.05) is 23.7 Å². The number of nitrogens with one attached hydrogen (secondary N) is 2. The van der Waals surface area contributed by atoms with Gasteiger partial charge in [-0.05, 0) is 54.0 Å². The molecule has 0 radical (unpaired) electrons. The fourth-order valence-corrected chi connectivity index (χ4v) is 5.61. The van der Waals surface area contributed by atoms with Crippen molar-refractivity contribution in [1.82, 2.24) is 15.2 Å². The normalized spacial score (nSPS) is 23.7. The lowest BCUT2D eigenvalue weighted by Gasteiger charge is -2.45. The molecule has 2 N–H and O–H groups in total. The highest BCUT2D eigenvalue weighted by atomic mass is 32.1. The Kier molecular flexibility index (Phi) is 4.83. The van der Waals surface area contributed by atoms with Crippen LogP contribution in [-0.4, -0.2) is 28.8 Å². The maximum atomic E-state index is 13.7. The predicted octanol–water partition coefficient (Wildman–Crippen LogP) is 4.50. The van der Waals surface area contributed by atoms with Crippen LogP contribution in [0.15, 0.2) is 54.2 Å². The number of amides is 1. The van der Waals surface area contributed by atoms with Crippen molar-refractivity contribution in [3.63, 3.8) is 0 Å². The molecule has 1 saturated heterocycles. The standard InChI is InChI=1S/C25H22FN5OS/c1-24(20-10-17(13-33-20)16-9-19(26)12-29-11-16)21(22(32)31(2)23(28)30-24)15-3-5-18(6-4-15)25(14-27)7-8-25/h3-6,9-13,21H,7-8H2,1-2H3,(H2,28,30)/t21?,24-/m1/s1. The third-order valence-corrected chi connectivity index (χ3v) is 7.95. The van der Waals surface area contributed by atoms with Crippen LogP contribution in [-0.2, 0) is 15.7 Å². The molecular formula is C25H22FN5OS. The SMILES string of the molecule is CN1C(=N)N[C@](C)(c2cc(-c3cncc(F)c3)cs2)C(c2ccc(C3(C#N)CC3)cc2)C1=O. The monoisotopic (exact) mass is 459 g/mol. The number of likely N-dealkylation sites (N-methyl/N-ethyl adjacent to an activating group) is 1. The number of rotatable bonds is 4. The number of nitrogens with zero attached hydrogens (tertiary/aromatic N) is 3. The molecule has 3 heterocycles. The Hall–Kier alpha value is -3.57. The zero-order valence-corrected chi connectivity index (χ0v) is 19.0. The molecule has 1 aromatic carbocycles. The summed E-state index contributed by atoms with van der Waals surface area (Å²) in [5.41, 5.74) is 1.98. The molecule has 5 rings (SSSR count). The van der Waals surface area contributed by atoms with Crippen LogP contribution >= 0.6 is 11.3 Å². The summed E-state index contributed by atoms with van der Waals surface area (Å²) in [6.45, 7) is 1.92. The molecule has 1 aliphatic heterocycles. The second-order valence-corrected chi connectivity index (χ2v) is 9.82. The van der Waals surface area contributed by atoms with Crippen LogP contribution in [0.4, 0.5) is 4.39 Å². The van der Waals surface area contributed by atoms with E-state index >= 15 is 0 Å². The second-order valence-electron chi connectivity index (χ2n) is 8.91. The summed E-state index contributed by atoms with van der Waals surface area (Å²) in [7, 11) is 1.59. The topological polar surface area (TPSA) is 92.9 Å². The lowest BCUT2D eigenvalue weighted by atomic mass is 9.76. The molecule has 1 aliphatic carbocycles. The Balaban J connectivity index is 1.56. The van der Waals surface area contributed by atoms with E-state index < -0.39 is 22.7 Å². The number of thiophene rings is 1. The molecule has 1 saturated carbocycles. The molecule has 2 aromatic heterocycles. The van der Waals surface area contributed by atoms with Crippen molar-refractivity contribution in [3.05, 3.63) is 76.0 Å². The van der Waals surface area contributed by atoms with Crippen molar-refractivity contribution >= 4 is 23.2 Å². The summed E-state index contributed by atoms with van der Waals surface area (Å²) in [5.74, 6) is -1.15. The van der Waals surface area contributed by atoms with Gasteiger partial charge in [-0.1, -0.05) is 24.3 Å². The van der Waals surface area contributed by atoms with Crippen molar-refractivity contribution in [2.45, 2.75) is 36.6 Å². The maximum Gasteiger partial charge on any atom is 0.239 e. The molecule has 0 bridgehead atoms. The van der Waals surface area contributed by atoms with Gasteiger partial charge in [0.1, 0.15) is 5.82 Å². The number of hydrogen-bond donors (Lipinski definition) is 2. The smallest absolute Gasteiger partial charge is 0.239 e. The van der Waals surface area contributed by atoms with Gasteiger partial charge in [0.25, 0.3) is 0 Å². The summed E-state index contributed by atoms with van der Waals surface area (Å²) in [6.07, 6.45) is 4.48. The first-order chi connectivity index (χ1) is 15.8. The van der Waals surface area contributed by atoms with E-state index in [0.29, 0.717) is 5.56 Å². The van der Waals surface area contributed by atoms with E-state index in [1.165, 1.54) is 22.3 Å². The third kappa shape index (κ3) is 3.40. The van der Waals surface area contributed by atoms with E-state index in [9.17, 15) is 14.4 Å². The number of halogens is 1. The molecule has 2 atom stereocenters. The van der Waals surface area contributed by atoms with Gasteiger partial charge < -0.3 is 5.32 Å². The fourth-order valence-electron chi connectivity index (χ4n) is 4.55. The fraction of sp³-hybridized carbons (Fsp3) is 0.280. The van der Waals surface area contributed by atoms with Gasteiger partial charge in [-0.15, -0.1) is 11.3 Å². The van der Waals surface area contributed by atoms with E-state index in [0.717, 1.165) is 40.6 Å². The number of carbonyl (C=O) groups is 1. The molecule has 2 aliphatic rings. The molecule has 3 aromatic rings. The molecule has 6 nitrogen and oxygen atoms in total. The highest BCUT2D eigenvalue weighted by Crippen LogP contribution is 2.49. The van der Waals surface area contributed by atoms with Crippen LogP contribution in [0.25, 0.3) is 11.1 Å². The molecule has 8 heteroatoms. The van der Waals surface area contributed by atoms with Crippen LogP contribution in [0.5, 0.6) is 0 Å². The number of pyridine rings is 1. The summed E-state index contributed by atoms with van der Waals surface area (Å²) >= 11 is 1.46. The number of nitriles is 1. The van der Waals surface area contributed by atoms with Crippen molar-refractivity contribution in [1.29, 1.82) is 10.7 Å². The van der Waals surface area contributed by atoms with Gasteiger partial charge in [-0.25, -0.2) is 4.39 Å². The zero-order chi connectivity index (χ0) is 23.4. The molecule has 2 fully saturated rings. The molecule has 0 spiro atoms. The van der Waals surface area contributed by atoms with Gasteiger partial charge in [0.05, 0.1) is 29.1 Å². The van der Waals surface area contributed by atoms with E-state index in [2.05, 4.69) is 16.4 Å². The Bertz CT molecular complexity index is 1310. The summed E-state index contributed by atoms with van der Waals surface area (Å²) in [4.78, 5) is 19.5. The van der Waals surface area contributed by atoms with E-state index in [-0.39, 0.29) is 11.9 Å². The number of carbonyl (C=O) groups excluding carboxylic acids is 1. The summed E-state index contributed by atoms with van der Waals surface area (Å²) in [5, 5.41) is 23.0. The molecule has 1 amide bonds. The lowest BCUT2D eigenvalue weighted by Crippen LogP contribution is -2.62. The number of benzene rings is 1. The average Bonchev–Trinajstić information content (AvgIpc) is 3.44. The maximum absolute atomic E-state index is 13.7. The van der Waals surface area contributed by atoms with Crippen LogP contribution in [0.2, 0.25) is 0 Å².